The van der Waals surface area contributed by atoms with Crippen LogP contribution in [0.2, 0.25) is 0 Å². The minimum atomic E-state index is -0.0255. The molecule has 0 unspecified atom stereocenters. The Bertz CT molecular complexity index is 911. The van der Waals surface area contributed by atoms with E-state index in [0.717, 1.165) is 50.6 Å². The van der Waals surface area contributed by atoms with Crippen LogP contribution in [0.4, 0.5) is 11.4 Å². The molecule has 0 radical (unpaired) electrons. The summed E-state index contributed by atoms with van der Waals surface area (Å²) in [6, 6.07) is 5.69. The molecule has 0 bridgehead atoms. The molecule has 2 aliphatic carbocycles. The zero-order valence-electron chi connectivity index (χ0n) is 20.0. The normalized spacial score (nSPS) is 21.9. The van der Waals surface area contributed by atoms with Gasteiger partial charge in [0.2, 0.25) is 11.8 Å². The summed E-state index contributed by atoms with van der Waals surface area (Å²) in [4.78, 5) is 44.9. The molecular weight excluding hydrogens is 432 g/mol. The Balaban J connectivity index is 1.32. The van der Waals surface area contributed by atoms with Gasteiger partial charge in [-0.2, -0.15) is 0 Å². The minimum Gasteiger partial charge on any atom is -0.378 e. The van der Waals surface area contributed by atoms with E-state index in [1.807, 2.05) is 28.0 Å². The topological polar surface area (TPSA) is 82.2 Å². The van der Waals surface area contributed by atoms with Crippen molar-refractivity contribution in [2.45, 2.75) is 44.9 Å². The second kappa shape index (κ2) is 10.3. The smallest absolute Gasteiger partial charge is 0.256 e. The van der Waals surface area contributed by atoms with E-state index in [1.54, 1.807) is 0 Å². The Kier molecular flexibility index (Phi) is 7.04. The lowest BCUT2D eigenvalue weighted by atomic mass is 9.85. The van der Waals surface area contributed by atoms with Crippen molar-refractivity contribution in [2.75, 3.05) is 62.7 Å². The summed E-state index contributed by atoms with van der Waals surface area (Å²) in [5, 5.41) is 3.02. The molecule has 1 aromatic rings. The molecule has 8 nitrogen and oxygen atoms in total. The third kappa shape index (κ3) is 4.92. The maximum Gasteiger partial charge on any atom is 0.256 e. The van der Waals surface area contributed by atoms with Gasteiger partial charge in [0.1, 0.15) is 0 Å². The lowest BCUT2D eigenvalue weighted by Gasteiger charge is -2.38. The van der Waals surface area contributed by atoms with Crippen LogP contribution in [0.25, 0.3) is 0 Å². The number of hydrogen-bond donors (Lipinski definition) is 1. The Morgan fingerprint density at radius 1 is 0.794 bits per heavy atom. The van der Waals surface area contributed by atoms with Gasteiger partial charge in [0.15, 0.2) is 0 Å². The van der Waals surface area contributed by atoms with Crippen LogP contribution < -0.4 is 10.2 Å². The van der Waals surface area contributed by atoms with E-state index in [1.165, 1.54) is 0 Å². The van der Waals surface area contributed by atoms with Crippen LogP contribution >= 0.6 is 0 Å². The molecule has 184 valence electrons. The number of amides is 3. The van der Waals surface area contributed by atoms with Crippen molar-refractivity contribution in [1.82, 2.24) is 9.80 Å². The molecule has 0 atom stereocenters. The summed E-state index contributed by atoms with van der Waals surface area (Å²) in [6.45, 7) is 5.00. The highest BCUT2D eigenvalue weighted by molar-refractivity contribution is 6.02. The van der Waals surface area contributed by atoms with Crippen LogP contribution in [0, 0.1) is 11.8 Å². The molecule has 2 heterocycles. The van der Waals surface area contributed by atoms with E-state index in [4.69, 9.17) is 4.74 Å². The first-order chi connectivity index (χ1) is 16.6. The standard InChI is InChI=1S/C26H36N4O4/c31-24(19-6-3-7-19)27-21-8-9-23(22(18-21)26(33)30-14-16-34-17-15-30)28-10-12-29(13-11-28)25(32)20-4-1-2-5-20/h8-9,18-20H,1-7,10-17H2,(H,27,31). The number of nitrogens with one attached hydrogen (secondary N) is 1. The number of piperazine rings is 1. The molecule has 4 fully saturated rings. The number of benzene rings is 1. The number of carbonyl (C=O) groups excluding carboxylic acids is 3. The molecule has 2 aliphatic heterocycles. The highest BCUT2D eigenvalue weighted by Crippen LogP contribution is 2.31. The van der Waals surface area contributed by atoms with E-state index in [0.29, 0.717) is 69.6 Å². The van der Waals surface area contributed by atoms with Crippen LogP contribution in [0.5, 0.6) is 0 Å². The van der Waals surface area contributed by atoms with Crippen molar-refractivity contribution in [1.29, 1.82) is 0 Å². The van der Waals surface area contributed by atoms with Gasteiger partial charge >= 0.3 is 0 Å². The predicted octanol–water partition coefficient (Wildman–Crippen LogP) is 2.74. The second-order valence-electron chi connectivity index (χ2n) is 10.0. The number of nitrogens with zero attached hydrogens (tertiary/aromatic N) is 3. The molecule has 5 rings (SSSR count). The maximum atomic E-state index is 13.5. The Morgan fingerprint density at radius 3 is 2.12 bits per heavy atom. The molecule has 1 aromatic carbocycles. The molecule has 2 saturated carbocycles. The van der Waals surface area contributed by atoms with Gasteiger partial charge < -0.3 is 24.8 Å². The largest absolute Gasteiger partial charge is 0.378 e. The summed E-state index contributed by atoms with van der Waals surface area (Å²) >= 11 is 0. The lowest BCUT2D eigenvalue weighted by molar-refractivity contribution is -0.135. The molecule has 0 spiro atoms. The van der Waals surface area contributed by atoms with Gasteiger partial charge in [0.05, 0.1) is 18.8 Å². The van der Waals surface area contributed by atoms with Crippen LogP contribution in [-0.2, 0) is 14.3 Å². The van der Waals surface area contributed by atoms with Gasteiger partial charge in [0.25, 0.3) is 5.91 Å². The first-order valence-electron chi connectivity index (χ1n) is 13.0. The van der Waals surface area contributed by atoms with Crippen LogP contribution in [0.15, 0.2) is 18.2 Å². The zero-order valence-corrected chi connectivity index (χ0v) is 20.0. The lowest BCUT2D eigenvalue weighted by Crippen LogP contribution is -2.50. The monoisotopic (exact) mass is 468 g/mol. The number of ether oxygens (including phenoxy) is 1. The molecular formula is C26H36N4O4. The third-order valence-corrected chi connectivity index (χ3v) is 7.91. The highest BCUT2D eigenvalue weighted by Gasteiger charge is 2.31. The van der Waals surface area contributed by atoms with Gasteiger partial charge in [-0.05, 0) is 43.9 Å². The van der Waals surface area contributed by atoms with Crippen molar-refractivity contribution >= 4 is 29.1 Å². The number of morpholine rings is 1. The molecule has 8 heteroatoms. The third-order valence-electron chi connectivity index (χ3n) is 7.91. The van der Waals surface area contributed by atoms with E-state index in [2.05, 4.69) is 10.2 Å². The second-order valence-corrected chi connectivity index (χ2v) is 10.0. The first-order valence-corrected chi connectivity index (χ1v) is 13.0. The average Bonchev–Trinajstić information content (AvgIpc) is 3.38. The minimum absolute atomic E-state index is 0.0255. The number of anilines is 2. The number of hydrogen-bond acceptors (Lipinski definition) is 5. The van der Waals surface area contributed by atoms with Crippen LogP contribution in [0.3, 0.4) is 0 Å². The van der Waals surface area contributed by atoms with E-state index < -0.39 is 0 Å². The van der Waals surface area contributed by atoms with Crippen molar-refractivity contribution in [3.05, 3.63) is 23.8 Å². The summed E-state index contributed by atoms with van der Waals surface area (Å²) in [5.74, 6) is 0.605. The maximum absolute atomic E-state index is 13.5. The van der Waals surface area contributed by atoms with Gasteiger partial charge in [-0.3, -0.25) is 14.4 Å². The molecule has 2 saturated heterocycles. The van der Waals surface area contributed by atoms with Crippen LogP contribution in [0.1, 0.15) is 55.3 Å². The quantitative estimate of drug-likeness (QED) is 0.719. The average molecular weight is 469 g/mol. The Morgan fingerprint density at radius 2 is 1.47 bits per heavy atom. The van der Waals surface area contributed by atoms with E-state index in [-0.39, 0.29) is 23.7 Å². The summed E-state index contributed by atoms with van der Waals surface area (Å²) < 4.78 is 5.43. The zero-order chi connectivity index (χ0) is 23.5. The fourth-order valence-corrected chi connectivity index (χ4v) is 5.51. The van der Waals surface area contributed by atoms with Crippen molar-refractivity contribution < 1.29 is 19.1 Å². The van der Waals surface area contributed by atoms with Gasteiger partial charge in [-0.25, -0.2) is 0 Å². The number of rotatable bonds is 5. The number of carbonyl (C=O) groups is 3. The van der Waals surface area contributed by atoms with Crippen molar-refractivity contribution in [3.63, 3.8) is 0 Å². The molecule has 34 heavy (non-hydrogen) atoms. The Hall–Kier alpha value is -2.61. The SMILES string of the molecule is O=C(Nc1ccc(N2CCN(C(=O)C3CCCC3)CC2)c(C(=O)N2CCOCC2)c1)C1CCC1. The van der Waals surface area contributed by atoms with Gasteiger partial charge in [0, 0.05) is 62.5 Å². The summed E-state index contributed by atoms with van der Waals surface area (Å²) in [5.41, 5.74) is 2.17. The summed E-state index contributed by atoms with van der Waals surface area (Å²) in [7, 11) is 0. The van der Waals surface area contributed by atoms with Crippen molar-refractivity contribution in [3.8, 4) is 0 Å². The van der Waals surface area contributed by atoms with Gasteiger partial charge in [-0.1, -0.05) is 19.3 Å². The van der Waals surface area contributed by atoms with E-state index in [9.17, 15) is 14.4 Å². The fourth-order valence-electron chi connectivity index (χ4n) is 5.51. The highest BCUT2D eigenvalue weighted by atomic mass is 16.5. The fraction of sp³-hybridized carbons (Fsp3) is 0.654. The molecule has 1 N–H and O–H groups in total. The molecule has 0 aromatic heterocycles. The summed E-state index contributed by atoms with van der Waals surface area (Å²) in [6.07, 6.45) is 7.34. The predicted molar refractivity (Wildman–Crippen MR) is 130 cm³/mol. The molecule has 3 amide bonds. The van der Waals surface area contributed by atoms with Crippen molar-refractivity contribution in [2.24, 2.45) is 11.8 Å². The first kappa shape index (κ1) is 23.1. The molecule has 4 aliphatic rings. The van der Waals surface area contributed by atoms with Crippen LogP contribution in [-0.4, -0.2) is 80.0 Å². The van der Waals surface area contributed by atoms with E-state index >= 15 is 0 Å². The Labute approximate surface area is 201 Å². The van der Waals surface area contributed by atoms with Gasteiger partial charge in [-0.15, -0.1) is 0 Å².